The number of aryl methyl sites for hydroxylation is 2. The first-order chi connectivity index (χ1) is 14.4. The van der Waals surface area contributed by atoms with E-state index in [1.54, 1.807) is 13.8 Å². The van der Waals surface area contributed by atoms with Crippen molar-refractivity contribution in [3.05, 3.63) is 47.3 Å². The van der Waals surface area contributed by atoms with E-state index in [9.17, 15) is 13.2 Å². The zero-order chi connectivity index (χ0) is 21.3. The van der Waals surface area contributed by atoms with Gasteiger partial charge in [-0.15, -0.1) is 0 Å². The molecule has 0 N–H and O–H groups in total. The van der Waals surface area contributed by atoms with E-state index in [0.29, 0.717) is 37.6 Å². The quantitative estimate of drug-likeness (QED) is 0.718. The number of likely N-dealkylation sites (tertiary alicyclic amines) is 1. The highest BCUT2D eigenvalue weighted by Gasteiger charge is 2.38. The Bertz CT molecular complexity index is 972. The summed E-state index contributed by atoms with van der Waals surface area (Å²) in [5.41, 5.74) is 1.33. The molecule has 2 aliphatic heterocycles. The fraction of sp³-hybridized carbons (Fsp3) is 0.524. The van der Waals surface area contributed by atoms with Crippen LogP contribution in [0.2, 0.25) is 0 Å². The monoisotopic (exact) mass is 432 g/mol. The van der Waals surface area contributed by atoms with Crippen molar-refractivity contribution < 1.29 is 17.7 Å². The Labute approximate surface area is 177 Å². The molecule has 0 aliphatic carbocycles. The Morgan fingerprint density at radius 1 is 1.00 bits per heavy atom. The minimum Gasteiger partial charge on any atom is -0.360 e. The summed E-state index contributed by atoms with van der Waals surface area (Å²) in [6, 6.07) is 9.40. The van der Waals surface area contributed by atoms with Crippen molar-refractivity contribution in [2.24, 2.45) is 0 Å². The highest BCUT2D eigenvalue weighted by molar-refractivity contribution is 7.89. The van der Waals surface area contributed by atoms with Gasteiger partial charge in [-0.1, -0.05) is 35.5 Å². The topological polar surface area (TPSA) is 87.0 Å². The van der Waals surface area contributed by atoms with Crippen LogP contribution in [-0.4, -0.2) is 72.9 Å². The smallest absolute Gasteiger partial charge is 0.248 e. The van der Waals surface area contributed by atoms with Crippen LogP contribution in [0.15, 0.2) is 39.8 Å². The number of aromatic nitrogens is 1. The number of hydrogen-bond donors (Lipinski definition) is 0. The lowest BCUT2D eigenvalue weighted by molar-refractivity contribution is -0.136. The number of rotatable bonds is 5. The maximum atomic E-state index is 13.3. The van der Waals surface area contributed by atoms with Crippen LogP contribution >= 0.6 is 0 Å². The third-order valence-electron chi connectivity index (χ3n) is 5.97. The molecule has 4 rings (SSSR count). The highest BCUT2D eigenvalue weighted by Crippen LogP contribution is 2.29. The van der Waals surface area contributed by atoms with E-state index in [4.69, 9.17) is 4.52 Å². The first-order valence-corrected chi connectivity index (χ1v) is 11.8. The SMILES string of the molecule is Cc1noc(C)c1S(=O)(=O)N1CCN(C(C(=O)N2CCCC2)c2ccccc2)CC1. The van der Waals surface area contributed by atoms with Crippen molar-refractivity contribution in [3.63, 3.8) is 0 Å². The molecule has 2 aromatic rings. The van der Waals surface area contributed by atoms with Gasteiger partial charge in [-0.05, 0) is 32.3 Å². The number of amides is 1. The molecule has 1 aromatic heterocycles. The second-order valence-corrected chi connectivity index (χ2v) is 9.81. The average Bonchev–Trinajstić information content (AvgIpc) is 3.39. The van der Waals surface area contributed by atoms with Gasteiger partial charge in [-0.3, -0.25) is 9.69 Å². The van der Waals surface area contributed by atoms with Crippen molar-refractivity contribution in [1.29, 1.82) is 0 Å². The van der Waals surface area contributed by atoms with Crippen molar-refractivity contribution in [2.75, 3.05) is 39.3 Å². The van der Waals surface area contributed by atoms with Crippen molar-refractivity contribution >= 4 is 15.9 Å². The molecule has 0 bridgehead atoms. The van der Waals surface area contributed by atoms with Gasteiger partial charge < -0.3 is 9.42 Å². The number of benzene rings is 1. The molecule has 2 aliphatic rings. The fourth-order valence-corrected chi connectivity index (χ4v) is 6.14. The lowest BCUT2D eigenvalue weighted by atomic mass is 10.0. The lowest BCUT2D eigenvalue weighted by Gasteiger charge is -2.39. The molecule has 1 unspecified atom stereocenters. The molecule has 9 heteroatoms. The molecule has 0 spiro atoms. The molecule has 1 aromatic carbocycles. The van der Waals surface area contributed by atoms with Gasteiger partial charge in [0.15, 0.2) is 5.76 Å². The summed E-state index contributed by atoms with van der Waals surface area (Å²) in [6.07, 6.45) is 2.08. The van der Waals surface area contributed by atoms with Crippen LogP contribution in [0.3, 0.4) is 0 Å². The number of nitrogens with zero attached hydrogens (tertiary/aromatic N) is 4. The van der Waals surface area contributed by atoms with Crippen LogP contribution < -0.4 is 0 Å². The molecule has 0 radical (unpaired) electrons. The van der Waals surface area contributed by atoms with Crippen LogP contribution in [0.1, 0.15) is 35.9 Å². The molecule has 3 heterocycles. The fourth-order valence-electron chi connectivity index (χ4n) is 4.43. The largest absolute Gasteiger partial charge is 0.360 e. The number of sulfonamides is 1. The van der Waals surface area contributed by atoms with E-state index in [0.717, 1.165) is 31.5 Å². The van der Waals surface area contributed by atoms with E-state index < -0.39 is 10.0 Å². The van der Waals surface area contributed by atoms with E-state index in [2.05, 4.69) is 10.1 Å². The summed E-state index contributed by atoms with van der Waals surface area (Å²) in [6.45, 7) is 6.46. The van der Waals surface area contributed by atoms with Crippen molar-refractivity contribution in [2.45, 2.75) is 37.6 Å². The molecule has 30 heavy (non-hydrogen) atoms. The second-order valence-electron chi connectivity index (χ2n) is 7.94. The van der Waals surface area contributed by atoms with Crippen LogP contribution in [0, 0.1) is 13.8 Å². The predicted octanol–water partition coefficient (Wildman–Crippen LogP) is 1.96. The maximum absolute atomic E-state index is 13.3. The Morgan fingerprint density at radius 3 is 2.20 bits per heavy atom. The summed E-state index contributed by atoms with van der Waals surface area (Å²) in [5, 5.41) is 3.79. The summed E-state index contributed by atoms with van der Waals surface area (Å²) in [7, 11) is -3.67. The minimum absolute atomic E-state index is 0.112. The van der Waals surface area contributed by atoms with E-state index in [1.807, 2.05) is 35.2 Å². The van der Waals surface area contributed by atoms with E-state index in [-0.39, 0.29) is 16.8 Å². The van der Waals surface area contributed by atoms with Crippen LogP contribution in [0.25, 0.3) is 0 Å². The minimum atomic E-state index is -3.67. The highest BCUT2D eigenvalue weighted by atomic mass is 32.2. The maximum Gasteiger partial charge on any atom is 0.248 e. The molecular weight excluding hydrogens is 404 g/mol. The van der Waals surface area contributed by atoms with Gasteiger partial charge in [-0.2, -0.15) is 4.31 Å². The summed E-state index contributed by atoms with van der Waals surface area (Å²) in [5.74, 6) is 0.419. The summed E-state index contributed by atoms with van der Waals surface area (Å²) < 4.78 is 32.8. The molecule has 8 nitrogen and oxygen atoms in total. The van der Waals surface area contributed by atoms with Crippen LogP contribution in [-0.2, 0) is 14.8 Å². The molecule has 1 atom stereocenters. The summed E-state index contributed by atoms with van der Waals surface area (Å²) in [4.78, 5) is 17.5. The molecule has 2 fully saturated rings. The van der Waals surface area contributed by atoms with Gasteiger partial charge >= 0.3 is 0 Å². The standard InChI is InChI=1S/C21H28N4O4S/c1-16-20(17(2)29-22-16)30(27,28)25-14-12-23(13-15-25)19(18-8-4-3-5-9-18)21(26)24-10-6-7-11-24/h3-5,8-9,19H,6-7,10-15H2,1-2H3. The number of piperazine rings is 1. The number of carbonyl (C=O) groups is 1. The van der Waals surface area contributed by atoms with Gasteiger partial charge in [0.1, 0.15) is 16.6 Å². The molecule has 2 saturated heterocycles. The van der Waals surface area contributed by atoms with Crippen LogP contribution in [0.5, 0.6) is 0 Å². The zero-order valence-electron chi connectivity index (χ0n) is 17.5. The molecule has 1 amide bonds. The Kier molecular flexibility index (Phi) is 5.95. The predicted molar refractivity (Wildman–Crippen MR) is 111 cm³/mol. The lowest BCUT2D eigenvalue weighted by Crippen LogP contribution is -2.52. The first kappa shape index (κ1) is 21.0. The van der Waals surface area contributed by atoms with Gasteiger partial charge in [0, 0.05) is 39.3 Å². The van der Waals surface area contributed by atoms with Gasteiger partial charge in [0.25, 0.3) is 0 Å². The molecular formula is C21H28N4O4S. The summed E-state index contributed by atoms with van der Waals surface area (Å²) >= 11 is 0. The third-order valence-corrected chi connectivity index (χ3v) is 8.11. The van der Waals surface area contributed by atoms with E-state index in [1.165, 1.54) is 4.31 Å². The number of hydrogen-bond acceptors (Lipinski definition) is 6. The molecule has 162 valence electrons. The van der Waals surface area contributed by atoms with Gasteiger partial charge in [0.05, 0.1) is 0 Å². The van der Waals surface area contributed by atoms with Gasteiger partial charge in [-0.25, -0.2) is 8.42 Å². The second kappa shape index (κ2) is 8.49. The van der Waals surface area contributed by atoms with E-state index >= 15 is 0 Å². The Balaban J connectivity index is 1.54. The Morgan fingerprint density at radius 2 is 1.63 bits per heavy atom. The normalized spacial score (nSPS) is 19.9. The number of carbonyl (C=O) groups excluding carboxylic acids is 1. The zero-order valence-corrected chi connectivity index (χ0v) is 18.3. The van der Waals surface area contributed by atoms with Crippen molar-refractivity contribution in [1.82, 2.24) is 19.3 Å². The van der Waals surface area contributed by atoms with Crippen molar-refractivity contribution in [3.8, 4) is 0 Å². The van der Waals surface area contributed by atoms with Crippen LogP contribution in [0.4, 0.5) is 0 Å². The first-order valence-electron chi connectivity index (χ1n) is 10.4. The molecule has 0 saturated carbocycles. The Hall–Kier alpha value is -2.23. The third kappa shape index (κ3) is 3.89. The average molecular weight is 433 g/mol. The van der Waals surface area contributed by atoms with Gasteiger partial charge in [0.2, 0.25) is 15.9 Å².